The summed E-state index contributed by atoms with van der Waals surface area (Å²) in [6, 6.07) is 3.16. The first-order valence-corrected chi connectivity index (χ1v) is 7.85. The molecule has 1 aromatic rings. The molecule has 2 rings (SSSR count). The normalized spacial score (nSPS) is 20.3. The second-order valence-corrected chi connectivity index (χ2v) is 7.19. The number of hydrogen-bond acceptors (Lipinski definition) is 3. The fourth-order valence-electron chi connectivity index (χ4n) is 3.24. The quantitative estimate of drug-likeness (QED) is 0.911. The Kier molecular flexibility index (Phi) is 4.60. The van der Waals surface area contributed by atoms with Crippen molar-refractivity contribution in [2.75, 3.05) is 13.1 Å². The van der Waals surface area contributed by atoms with Crippen LogP contribution in [0.2, 0.25) is 0 Å². The van der Waals surface area contributed by atoms with E-state index in [9.17, 15) is 0 Å². The summed E-state index contributed by atoms with van der Waals surface area (Å²) in [6.45, 7) is 15.6. The third kappa shape index (κ3) is 3.64. The van der Waals surface area contributed by atoms with Crippen LogP contribution in [0.5, 0.6) is 0 Å². The van der Waals surface area contributed by atoms with Crippen molar-refractivity contribution in [1.82, 2.24) is 10.2 Å². The number of piperidine rings is 1. The van der Waals surface area contributed by atoms with Gasteiger partial charge < -0.3 is 9.73 Å². The van der Waals surface area contributed by atoms with Crippen molar-refractivity contribution < 1.29 is 4.42 Å². The van der Waals surface area contributed by atoms with Gasteiger partial charge >= 0.3 is 0 Å². The standard InChI is InChI=1S/C17H30N2O/c1-12-11-16(14(3)20-12)13(2)18-15-7-9-19(10-8-15)17(4,5)6/h11,13,15,18H,7-10H2,1-6H3. The summed E-state index contributed by atoms with van der Waals surface area (Å²) in [7, 11) is 0. The first-order chi connectivity index (χ1) is 9.27. The second-order valence-electron chi connectivity index (χ2n) is 7.19. The first kappa shape index (κ1) is 15.6. The Morgan fingerprint density at radius 2 is 1.85 bits per heavy atom. The van der Waals surface area contributed by atoms with Gasteiger partial charge in [0.1, 0.15) is 11.5 Å². The van der Waals surface area contributed by atoms with E-state index in [2.05, 4.69) is 50.9 Å². The van der Waals surface area contributed by atoms with E-state index in [1.807, 2.05) is 6.92 Å². The van der Waals surface area contributed by atoms with Crippen LogP contribution in [0.1, 0.15) is 63.7 Å². The van der Waals surface area contributed by atoms with Crippen molar-refractivity contribution >= 4 is 0 Å². The Morgan fingerprint density at radius 1 is 1.25 bits per heavy atom. The van der Waals surface area contributed by atoms with Crippen LogP contribution in [0.4, 0.5) is 0 Å². The number of likely N-dealkylation sites (tertiary alicyclic amines) is 1. The Bertz CT molecular complexity index is 436. The van der Waals surface area contributed by atoms with Crippen LogP contribution in [-0.4, -0.2) is 29.6 Å². The lowest BCUT2D eigenvalue weighted by atomic mass is 9.97. The highest BCUT2D eigenvalue weighted by molar-refractivity contribution is 5.23. The van der Waals surface area contributed by atoms with Gasteiger partial charge in [-0.25, -0.2) is 0 Å². The van der Waals surface area contributed by atoms with Crippen molar-refractivity contribution in [2.45, 2.75) is 72.0 Å². The van der Waals surface area contributed by atoms with Gasteiger partial charge in [0.15, 0.2) is 0 Å². The number of nitrogens with one attached hydrogen (secondary N) is 1. The average molecular weight is 278 g/mol. The van der Waals surface area contributed by atoms with Gasteiger partial charge in [0.25, 0.3) is 0 Å². The van der Waals surface area contributed by atoms with Crippen molar-refractivity contribution in [3.8, 4) is 0 Å². The summed E-state index contributed by atoms with van der Waals surface area (Å²) in [4.78, 5) is 2.59. The highest BCUT2D eigenvalue weighted by Crippen LogP contribution is 2.25. The first-order valence-electron chi connectivity index (χ1n) is 7.85. The molecule has 1 aliphatic rings. The smallest absolute Gasteiger partial charge is 0.105 e. The molecule has 0 amide bonds. The second kappa shape index (κ2) is 5.90. The molecule has 114 valence electrons. The summed E-state index contributed by atoms with van der Waals surface area (Å²) in [5.41, 5.74) is 1.61. The zero-order valence-corrected chi connectivity index (χ0v) is 13.9. The minimum atomic E-state index is 0.300. The van der Waals surface area contributed by atoms with Crippen molar-refractivity contribution in [3.05, 3.63) is 23.2 Å². The summed E-state index contributed by atoms with van der Waals surface area (Å²) >= 11 is 0. The average Bonchev–Trinajstić information content (AvgIpc) is 2.68. The highest BCUT2D eigenvalue weighted by atomic mass is 16.3. The fourth-order valence-corrected chi connectivity index (χ4v) is 3.24. The maximum Gasteiger partial charge on any atom is 0.105 e. The van der Waals surface area contributed by atoms with Gasteiger partial charge in [-0.2, -0.15) is 0 Å². The molecule has 1 saturated heterocycles. The van der Waals surface area contributed by atoms with E-state index in [0.717, 1.165) is 11.5 Å². The number of furan rings is 1. The zero-order chi connectivity index (χ0) is 14.9. The predicted molar refractivity (Wildman–Crippen MR) is 84.1 cm³/mol. The van der Waals surface area contributed by atoms with Gasteiger partial charge in [0.2, 0.25) is 0 Å². The maximum absolute atomic E-state index is 5.64. The molecule has 1 aromatic heterocycles. The molecule has 1 atom stereocenters. The Labute approximate surface area is 123 Å². The Balaban J connectivity index is 1.88. The highest BCUT2D eigenvalue weighted by Gasteiger charge is 2.27. The number of aryl methyl sites for hydroxylation is 2. The number of rotatable bonds is 3. The molecule has 1 unspecified atom stereocenters. The predicted octanol–water partition coefficient (Wildman–Crippen LogP) is 3.81. The van der Waals surface area contributed by atoms with E-state index in [1.165, 1.54) is 31.5 Å². The molecule has 1 N–H and O–H groups in total. The monoisotopic (exact) mass is 278 g/mol. The molecular weight excluding hydrogens is 248 g/mol. The van der Waals surface area contributed by atoms with E-state index in [0.29, 0.717) is 17.6 Å². The van der Waals surface area contributed by atoms with Crippen molar-refractivity contribution in [2.24, 2.45) is 0 Å². The summed E-state index contributed by atoms with van der Waals surface area (Å²) in [5, 5.41) is 3.77. The summed E-state index contributed by atoms with van der Waals surface area (Å²) in [5.74, 6) is 2.06. The molecule has 1 aliphatic heterocycles. The molecule has 0 radical (unpaired) electrons. The van der Waals surface area contributed by atoms with E-state index >= 15 is 0 Å². The van der Waals surface area contributed by atoms with E-state index < -0.39 is 0 Å². The van der Waals surface area contributed by atoms with Crippen LogP contribution < -0.4 is 5.32 Å². The summed E-state index contributed by atoms with van der Waals surface area (Å²) in [6.07, 6.45) is 2.47. The van der Waals surface area contributed by atoms with E-state index in [1.54, 1.807) is 0 Å². The van der Waals surface area contributed by atoms with Crippen LogP contribution in [0.15, 0.2) is 10.5 Å². The lowest BCUT2D eigenvalue weighted by molar-refractivity contribution is 0.0942. The SMILES string of the molecule is Cc1cc(C(C)NC2CCN(C(C)(C)C)CC2)c(C)o1. The molecule has 0 saturated carbocycles. The third-order valence-electron chi connectivity index (χ3n) is 4.48. The Hall–Kier alpha value is -0.800. The van der Waals surface area contributed by atoms with Crippen LogP contribution >= 0.6 is 0 Å². The molecule has 0 spiro atoms. The van der Waals surface area contributed by atoms with Gasteiger partial charge in [-0.05, 0) is 60.5 Å². The summed E-state index contributed by atoms with van der Waals surface area (Å²) < 4.78 is 5.64. The maximum atomic E-state index is 5.64. The van der Waals surface area contributed by atoms with Crippen LogP contribution in [-0.2, 0) is 0 Å². The molecule has 0 bridgehead atoms. The van der Waals surface area contributed by atoms with Crippen molar-refractivity contribution in [1.29, 1.82) is 0 Å². The molecule has 3 heteroatoms. The van der Waals surface area contributed by atoms with Crippen LogP contribution in [0.3, 0.4) is 0 Å². The lowest BCUT2D eigenvalue weighted by Crippen LogP contribution is -2.50. The van der Waals surface area contributed by atoms with E-state index in [-0.39, 0.29) is 0 Å². The topological polar surface area (TPSA) is 28.4 Å². The van der Waals surface area contributed by atoms with Gasteiger partial charge in [0, 0.05) is 36.3 Å². The largest absolute Gasteiger partial charge is 0.466 e. The third-order valence-corrected chi connectivity index (χ3v) is 4.48. The molecule has 20 heavy (non-hydrogen) atoms. The number of hydrogen-bond donors (Lipinski definition) is 1. The molecule has 0 aromatic carbocycles. The molecule has 0 aliphatic carbocycles. The fraction of sp³-hybridized carbons (Fsp3) is 0.765. The zero-order valence-electron chi connectivity index (χ0n) is 13.9. The van der Waals surface area contributed by atoms with E-state index in [4.69, 9.17) is 4.42 Å². The van der Waals surface area contributed by atoms with Gasteiger partial charge in [0.05, 0.1) is 0 Å². The van der Waals surface area contributed by atoms with Crippen LogP contribution in [0.25, 0.3) is 0 Å². The van der Waals surface area contributed by atoms with Crippen molar-refractivity contribution in [3.63, 3.8) is 0 Å². The van der Waals surface area contributed by atoms with Gasteiger partial charge in [-0.1, -0.05) is 0 Å². The number of nitrogens with zero attached hydrogens (tertiary/aromatic N) is 1. The molecular formula is C17H30N2O. The molecule has 2 heterocycles. The van der Waals surface area contributed by atoms with Gasteiger partial charge in [-0.3, -0.25) is 4.90 Å². The Morgan fingerprint density at radius 3 is 2.30 bits per heavy atom. The molecule has 3 nitrogen and oxygen atoms in total. The minimum Gasteiger partial charge on any atom is -0.466 e. The van der Waals surface area contributed by atoms with Crippen LogP contribution in [0, 0.1) is 13.8 Å². The van der Waals surface area contributed by atoms with Gasteiger partial charge in [-0.15, -0.1) is 0 Å². The minimum absolute atomic E-state index is 0.300. The molecule has 1 fully saturated rings. The lowest BCUT2D eigenvalue weighted by Gasteiger charge is -2.41.